The van der Waals surface area contributed by atoms with Crippen LogP contribution in [0, 0.1) is 0 Å². The molecule has 0 radical (unpaired) electrons. The number of carbonyl (C=O) groups is 2. The minimum Gasteiger partial charge on any atom is -0.466 e. The van der Waals surface area contributed by atoms with E-state index in [-0.39, 0.29) is 18.0 Å². The van der Waals surface area contributed by atoms with E-state index >= 15 is 0 Å². The first-order valence-corrected chi connectivity index (χ1v) is 9.36. The van der Waals surface area contributed by atoms with E-state index < -0.39 is 29.5 Å². The van der Waals surface area contributed by atoms with Crippen molar-refractivity contribution in [1.82, 2.24) is 5.32 Å². The van der Waals surface area contributed by atoms with Crippen molar-refractivity contribution in [3.05, 3.63) is 70.8 Å². The van der Waals surface area contributed by atoms with Crippen molar-refractivity contribution in [2.24, 2.45) is 0 Å². The number of halogens is 3. The van der Waals surface area contributed by atoms with Crippen LogP contribution in [0.5, 0.6) is 5.75 Å². The van der Waals surface area contributed by atoms with E-state index in [1.807, 2.05) is 0 Å². The van der Waals surface area contributed by atoms with Crippen LogP contribution in [0.25, 0.3) is 0 Å². The van der Waals surface area contributed by atoms with Gasteiger partial charge in [-0.25, -0.2) is 0 Å². The summed E-state index contributed by atoms with van der Waals surface area (Å²) in [5.74, 6) is -2.40. The lowest BCUT2D eigenvalue weighted by atomic mass is 9.93. The van der Waals surface area contributed by atoms with Gasteiger partial charge in [0.05, 0.1) is 12.8 Å². The van der Waals surface area contributed by atoms with Crippen molar-refractivity contribution >= 4 is 28.8 Å². The van der Waals surface area contributed by atoms with Crippen molar-refractivity contribution in [2.75, 3.05) is 11.9 Å². The summed E-state index contributed by atoms with van der Waals surface area (Å²) < 4.78 is 45.5. The maximum absolute atomic E-state index is 12.2. The quantitative estimate of drug-likeness (QED) is 0.511. The number of hydrogen-bond donors (Lipinski definition) is 3. The molecule has 11 heteroatoms. The van der Waals surface area contributed by atoms with E-state index in [1.165, 1.54) is 23.7 Å². The molecule has 1 atom stereocenters. The van der Waals surface area contributed by atoms with Crippen molar-refractivity contribution in [1.29, 1.82) is 0 Å². The summed E-state index contributed by atoms with van der Waals surface area (Å²) in [6, 6.07) is 9.06. The molecule has 158 valence electrons. The molecule has 7 nitrogen and oxygen atoms in total. The van der Waals surface area contributed by atoms with Gasteiger partial charge in [0.15, 0.2) is 5.60 Å². The Morgan fingerprint density at radius 1 is 1.10 bits per heavy atom. The Bertz CT molecular complexity index is 952. The zero-order valence-electron chi connectivity index (χ0n) is 15.1. The Balaban J connectivity index is 1.62. The van der Waals surface area contributed by atoms with E-state index in [1.54, 1.807) is 22.9 Å². The molecule has 0 bridgehead atoms. The third kappa shape index (κ3) is 5.19. The molecule has 0 unspecified atom stereocenters. The number of furan rings is 1. The summed E-state index contributed by atoms with van der Waals surface area (Å²) in [5, 5.41) is 19.0. The molecule has 2 amide bonds. The maximum Gasteiger partial charge on any atom is 0.573 e. The number of carbonyl (C=O) groups excluding carboxylic acids is 2. The normalized spacial score (nSPS) is 13.3. The van der Waals surface area contributed by atoms with E-state index in [4.69, 9.17) is 4.42 Å². The minimum atomic E-state index is -4.84. The largest absolute Gasteiger partial charge is 0.573 e. The summed E-state index contributed by atoms with van der Waals surface area (Å²) in [4.78, 5) is 24.2. The highest BCUT2D eigenvalue weighted by Gasteiger charge is 2.36. The SMILES string of the molecule is O=C(NC[C@@](O)(c1ccsc1)c1ccco1)C(=O)Nc1ccc(OC(F)(F)F)cc1. The monoisotopic (exact) mass is 440 g/mol. The topological polar surface area (TPSA) is 101 Å². The Kier molecular flexibility index (Phi) is 6.13. The van der Waals surface area contributed by atoms with Gasteiger partial charge in [-0.15, -0.1) is 13.2 Å². The maximum atomic E-state index is 12.2. The molecule has 0 fully saturated rings. The van der Waals surface area contributed by atoms with E-state index in [9.17, 15) is 27.9 Å². The van der Waals surface area contributed by atoms with Gasteiger partial charge < -0.3 is 24.9 Å². The molecule has 1 aromatic carbocycles. The van der Waals surface area contributed by atoms with E-state index in [2.05, 4.69) is 15.4 Å². The molecule has 3 rings (SSSR count). The molecule has 0 aliphatic rings. The van der Waals surface area contributed by atoms with Crippen LogP contribution < -0.4 is 15.4 Å². The first-order valence-electron chi connectivity index (χ1n) is 8.41. The molecule has 0 saturated carbocycles. The second-order valence-electron chi connectivity index (χ2n) is 6.06. The van der Waals surface area contributed by atoms with Gasteiger partial charge in [-0.05, 0) is 53.2 Å². The third-order valence-corrected chi connectivity index (χ3v) is 4.67. The van der Waals surface area contributed by atoms with Gasteiger partial charge in [-0.2, -0.15) is 11.3 Å². The fraction of sp³-hybridized carbons (Fsp3) is 0.158. The number of hydrogen-bond acceptors (Lipinski definition) is 6. The number of amides is 2. The van der Waals surface area contributed by atoms with Gasteiger partial charge in [-0.1, -0.05) is 0 Å². The molecule has 0 aliphatic heterocycles. The average molecular weight is 440 g/mol. The van der Waals surface area contributed by atoms with Crippen LogP contribution in [0.15, 0.2) is 63.9 Å². The Hall–Kier alpha value is -3.31. The van der Waals surface area contributed by atoms with Gasteiger partial charge in [0, 0.05) is 11.3 Å². The fourth-order valence-electron chi connectivity index (χ4n) is 2.56. The number of rotatable bonds is 6. The number of thiophene rings is 1. The molecule has 2 aromatic heterocycles. The Labute approximate surface area is 172 Å². The highest BCUT2D eigenvalue weighted by atomic mass is 32.1. The number of aliphatic hydroxyl groups is 1. The Morgan fingerprint density at radius 2 is 1.83 bits per heavy atom. The van der Waals surface area contributed by atoms with E-state index in [0.29, 0.717) is 5.56 Å². The summed E-state index contributed by atoms with van der Waals surface area (Å²) in [6.45, 7) is -0.345. The van der Waals surface area contributed by atoms with E-state index in [0.717, 1.165) is 24.3 Å². The van der Waals surface area contributed by atoms with Crippen LogP contribution >= 0.6 is 11.3 Å². The van der Waals surface area contributed by atoms with Gasteiger partial charge >= 0.3 is 18.2 Å². The van der Waals surface area contributed by atoms with Gasteiger partial charge in [0.2, 0.25) is 0 Å². The standard InChI is InChI=1S/C19H15F3N2O5S/c20-19(21,22)29-14-5-3-13(4-6-14)24-17(26)16(25)23-11-18(27,12-7-9-30-10-12)15-2-1-8-28-15/h1-10,27H,11H2,(H,23,25)(H,24,26)/t18-/m1/s1. The predicted octanol–water partition coefficient (Wildman–Crippen LogP) is 3.23. The van der Waals surface area contributed by atoms with Crippen LogP contribution in [0.2, 0.25) is 0 Å². The number of alkyl halides is 3. The summed E-state index contributed by atoms with van der Waals surface area (Å²) >= 11 is 1.34. The average Bonchev–Trinajstić information content (AvgIpc) is 3.40. The lowest BCUT2D eigenvalue weighted by Crippen LogP contribution is -2.45. The lowest BCUT2D eigenvalue weighted by Gasteiger charge is -2.25. The van der Waals surface area contributed by atoms with Crippen molar-refractivity contribution in [2.45, 2.75) is 12.0 Å². The zero-order valence-corrected chi connectivity index (χ0v) is 15.9. The molecule has 3 N–H and O–H groups in total. The summed E-state index contributed by atoms with van der Waals surface area (Å²) in [7, 11) is 0. The van der Waals surface area contributed by atoms with Crippen LogP contribution in [-0.4, -0.2) is 29.8 Å². The van der Waals surface area contributed by atoms with Gasteiger partial charge in [-0.3, -0.25) is 9.59 Å². The van der Waals surface area contributed by atoms with Gasteiger partial charge in [0.25, 0.3) is 0 Å². The van der Waals surface area contributed by atoms with Crippen molar-refractivity contribution in [3.8, 4) is 5.75 Å². The highest BCUT2D eigenvalue weighted by molar-refractivity contribution is 7.08. The van der Waals surface area contributed by atoms with Crippen molar-refractivity contribution in [3.63, 3.8) is 0 Å². The lowest BCUT2D eigenvalue weighted by molar-refractivity contribution is -0.274. The summed E-state index contributed by atoms with van der Waals surface area (Å²) in [5.41, 5.74) is -1.12. The zero-order chi connectivity index (χ0) is 21.8. The molecular weight excluding hydrogens is 425 g/mol. The van der Waals surface area contributed by atoms with Crippen LogP contribution in [0.3, 0.4) is 0 Å². The molecule has 3 aromatic rings. The Morgan fingerprint density at radius 3 is 2.40 bits per heavy atom. The van der Waals surface area contributed by atoms with Crippen LogP contribution in [-0.2, 0) is 15.2 Å². The van der Waals surface area contributed by atoms with Gasteiger partial charge in [0.1, 0.15) is 11.5 Å². The fourth-order valence-corrected chi connectivity index (χ4v) is 3.29. The molecule has 2 heterocycles. The number of ether oxygens (including phenoxy) is 1. The minimum absolute atomic E-state index is 0.0869. The first-order chi connectivity index (χ1) is 14.2. The molecule has 0 saturated heterocycles. The van der Waals surface area contributed by atoms with Crippen LogP contribution in [0.1, 0.15) is 11.3 Å². The van der Waals surface area contributed by atoms with Crippen molar-refractivity contribution < 1.29 is 37.0 Å². The highest BCUT2D eigenvalue weighted by Crippen LogP contribution is 2.31. The molecule has 0 spiro atoms. The summed E-state index contributed by atoms with van der Waals surface area (Å²) in [6.07, 6.45) is -3.47. The number of anilines is 1. The smallest absolute Gasteiger partial charge is 0.466 e. The third-order valence-electron chi connectivity index (χ3n) is 3.98. The second-order valence-corrected chi connectivity index (χ2v) is 6.84. The first kappa shape index (κ1) is 21.4. The molecular formula is C19H15F3N2O5S. The predicted molar refractivity (Wildman–Crippen MR) is 101 cm³/mol. The molecule has 30 heavy (non-hydrogen) atoms. The molecule has 0 aliphatic carbocycles. The number of benzene rings is 1. The number of nitrogens with one attached hydrogen (secondary N) is 2. The van der Waals surface area contributed by atoms with Crippen LogP contribution in [0.4, 0.5) is 18.9 Å². The second kappa shape index (κ2) is 8.59.